The second-order valence-electron chi connectivity index (χ2n) is 7.40. The van der Waals surface area contributed by atoms with Gasteiger partial charge in [0.2, 0.25) is 5.91 Å². The lowest BCUT2D eigenvalue weighted by Gasteiger charge is -2.22. The Kier molecular flexibility index (Phi) is 11.1. The first-order valence-electron chi connectivity index (χ1n) is 10.3. The molecule has 0 spiro atoms. The van der Waals surface area contributed by atoms with E-state index >= 15 is 0 Å². The lowest BCUT2D eigenvalue weighted by Crippen LogP contribution is -2.36. The minimum Gasteiger partial charge on any atom is -0.497 e. The summed E-state index contributed by atoms with van der Waals surface area (Å²) in [6, 6.07) is 11.6. The summed E-state index contributed by atoms with van der Waals surface area (Å²) in [5.74, 6) is 2.42. The number of halogens is 2. The summed E-state index contributed by atoms with van der Waals surface area (Å²) >= 11 is 9.55. The number of nitrogens with zero attached hydrogens (tertiary/aromatic N) is 3. The Balaban J connectivity index is 0.00000385. The number of amides is 1. The van der Waals surface area contributed by atoms with E-state index < -0.39 is 0 Å². The smallest absolute Gasteiger partial charge is 0.228 e. The molecule has 0 unspecified atom stereocenters. The molecule has 0 saturated heterocycles. The topological polar surface area (TPSA) is 54.9 Å². The van der Waals surface area contributed by atoms with Crippen LogP contribution in [0.25, 0.3) is 10.2 Å². The molecule has 10 heteroatoms. The van der Waals surface area contributed by atoms with Crippen LogP contribution in [-0.4, -0.2) is 62.9 Å². The van der Waals surface area contributed by atoms with Crippen molar-refractivity contribution in [3.05, 3.63) is 41.4 Å². The molecular formula is C23H29Cl2N3O3S2. The molecule has 33 heavy (non-hydrogen) atoms. The van der Waals surface area contributed by atoms with Crippen LogP contribution in [0.2, 0.25) is 5.02 Å². The van der Waals surface area contributed by atoms with E-state index in [0.29, 0.717) is 34.4 Å². The number of hydrogen-bond donors (Lipinski definition) is 0. The SMILES string of the molecule is COc1ccc(SCCCC(=O)N(CCN(C)C)c2nc3c(OC)ccc(Cl)c3s2)cc1.Cl. The third-order valence-electron chi connectivity index (χ3n) is 4.83. The maximum atomic E-state index is 13.2. The number of benzene rings is 2. The summed E-state index contributed by atoms with van der Waals surface area (Å²) in [5.41, 5.74) is 0.692. The molecule has 0 N–H and O–H groups in total. The van der Waals surface area contributed by atoms with Crippen LogP contribution in [0.4, 0.5) is 5.13 Å². The summed E-state index contributed by atoms with van der Waals surface area (Å²) < 4.78 is 11.5. The second-order valence-corrected chi connectivity index (χ2v) is 9.95. The number of carbonyl (C=O) groups is 1. The molecule has 6 nitrogen and oxygen atoms in total. The van der Waals surface area contributed by atoms with Gasteiger partial charge in [0.15, 0.2) is 5.13 Å². The van der Waals surface area contributed by atoms with Gasteiger partial charge in [0.1, 0.15) is 17.0 Å². The fourth-order valence-electron chi connectivity index (χ4n) is 3.07. The average molecular weight is 531 g/mol. The molecule has 0 aliphatic heterocycles. The van der Waals surface area contributed by atoms with E-state index in [4.69, 9.17) is 26.1 Å². The lowest BCUT2D eigenvalue weighted by atomic mass is 10.3. The normalized spacial score (nSPS) is 10.8. The zero-order valence-electron chi connectivity index (χ0n) is 19.2. The van der Waals surface area contributed by atoms with Gasteiger partial charge < -0.3 is 14.4 Å². The number of thiazole rings is 1. The number of hydrogen-bond acceptors (Lipinski definition) is 7. The molecule has 0 atom stereocenters. The van der Waals surface area contributed by atoms with Gasteiger partial charge in [0.25, 0.3) is 0 Å². The van der Waals surface area contributed by atoms with Crippen molar-refractivity contribution in [2.45, 2.75) is 17.7 Å². The first-order chi connectivity index (χ1) is 15.4. The van der Waals surface area contributed by atoms with Crippen molar-refractivity contribution in [1.82, 2.24) is 9.88 Å². The highest BCUT2D eigenvalue weighted by molar-refractivity contribution is 7.99. The molecule has 0 aliphatic carbocycles. The van der Waals surface area contributed by atoms with E-state index in [1.165, 1.54) is 11.3 Å². The monoisotopic (exact) mass is 529 g/mol. The fourth-order valence-corrected chi connectivity index (χ4v) is 5.22. The molecule has 3 rings (SSSR count). The highest BCUT2D eigenvalue weighted by Crippen LogP contribution is 2.39. The standard InChI is InChI=1S/C23H28ClN3O3S2.ClH/c1-26(2)13-14-27(23-25-21-19(30-4)12-11-18(24)22(21)32-23)20(28)6-5-15-31-17-9-7-16(29-3)8-10-17;/h7-12H,5-6,13-15H2,1-4H3;1H. The number of ether oxygens (including phenoxy) is 2. The maximum Gasteiger partial charge on any atom is 0.228 e. The zero-order valence-corrected chi connectivity index (χ0v) is 22.4. The molecule has 1 amide bonds. The van der Waals surface area contributed by atoms with Crippen LogP contribution >= 0.6 is 47.1 Å². The van der Waals surface area contributed by atoms with Gasteiger partial charge in [-0.2, -0.15) is 0 Å². The van der Waals surface area contributed by atoms with Crippen LogP contribution < -0.4 is 14.4 Å². The zero-order chi connectivity index (χ0) is 23.1. The van der Waals surface area contributed by atoms with E-state index in [-0.39, 0.29) is 18.3 Å². The van der Waals surface area contributed by atoms with E-state index in [1.807, 2.05) is 38.4 Å². The van der Waals surface area contributed by atoms with Gasteiger partial charge in [-0.3, -0.25) is 9.69 Å². The van der Waals surface area contributed by atoms with Crippen LogP contribution in [0.5, 0.6) is 11.5 Å². The summed E-state index contributed by atoms with van der Waals surface area (Å²) in [7, 11) is 7.25. The minimum atomic E-state index is 0. The Labute approximate surface area is 214 Å². The van der Waals surface area contributed by atoms with E-state index in [2.05, 4.69) is 4.90 Å². The van der Waals surface area contributed by atoms with Crippen LogP contribution in [0.15, 0.2) is 41.3 Å². The second kappa shape index (κ2) is 13.2. The number of aromatic nitrogens is 1. The molecule has 0 saturated carbocycles. The van der Waals surface area contributed by atoms with Gasteiger partial charge in [-0.1, -0.05) is 22.9 Å². The molecule has 0 bridgehead atoms. The molecule has 2 aromatic carbocycles. The van der Waals surface area contributed by atoms with Crippen molar-refractivity contribution in [2.24, 2.45) is 0 Å². The van der Waals surface area contributed by atoms with Crippen LogP contribution in [0.3, 0.4) is 0 Å². The molecule has 0 aliphatic rings. The van der Waals surface area contributed by atoms with Crippen molar-refractivity contribution in [2.75, 3.05) is 52.1 Å². The highest BCUT2D eigenvalue weighted by atomic mass is 35.5. The maximum absolute atomic E-state index is 13.2. The molecule has 180 valence electrons. The third-order valence-corrected chi connectivity index (χ3v) is 7.47. The Morgan fingerprint density at radius 1 is 1.09 bits per heavy atom. The van der Waals surface area contributed by atoms with Gasteiger partial charge in [0, 0.05) is 24.4 Å². The average Bonchev–Trinajstić information content (AvgIpc) is 3.23. The third kappa shape index (κ3) is 7.39. The Morgan fingerprint density at radius 3 is 2.45 bits per heavy atom. The predicted molar refractivity (Wildman–Crippen MR) is 142 cm³/mol. The number of fused-ring (bicyclic) bond motifs is 1. The number of rotatable bonds is 11. The molecule has 1 heterocycles. The van der Waals surface area contributed by atoms with Gasteiger partial charge >= 0.3 is 0 Å². The van der Waals surface area contributed by atoms with Crippen molar-refractivity contribution in [3.63, 3.8) is 0 Å². The molecular weight excluding hydrogens is 501 g/mol. The van der Waals surface area contributed by atoms with E-state index in [9.17, 15) is 4.79 Å². The van der Waals surface area contributed by atoms with E-state index in [0.717, 1.165) is 34.1 Å². The van der Waals surface area contributed by atoms with Crippen LogP contribution in [0, 0.1) is 0 Å². The Morgan fingerprint density at radius 2 is 1.82 bits per heavy atom. The van der Waals surface area contributed by atoms with E-state index in [1.54, 1.807) is 43.0 Å². The van der Waals surface area contributed by atoms with Gasteiger partial charge in [-0.15, -0.1) is 24.2 Å². The summed E-state index contributed by atoms with van der Waals surface area (Å²) in [6.45, 7) is 1.31. The van der Waals surface area contributed by atoms with Crippen molar-refractivity contribution in [3.8, 4) is 11.5 Å². The number of likely N-dealkylation sites (N-methyl/N-ethyl adjacent to an activating group) is 1. The Bertz CT molecular complexity index is 1050. The van der Waals surface area contributed by atoms with Crippen LogP contribution in [-0.2, 0) is 4.79 Å². The number of anilines is 1. The number of carbonyl (C=O) groups excluding carboxylic acids is 1. The van der Waals surface area contributed by atoms with Crippen LogP contribution in [0.1, 0.15) is 12.8 Å². The number of thioether (sulfide) groups is 1. The number of methoxy groups -OCH3 is 2. The lowest BCUT2D eigenvalue weighted by molar-refractivity contribution is -0.118. The molecule has 1 aromatic heterocycles. The first-order valence-corrected chi connectivity index (χ1v) is 12.5. The first kappa shape index (κ1) is 27.5. The highest BCUT2D eigenvalue weighted by Gasteiger charge is 2.21. The quantitative estimate of drug-likeness (QED) is 0.229. The predicted octanol–water partition coefficient (Wildman–Crippen LogP) is 5.86. The van der Waals surface area contributed by atoms with Crippen molar-refractivity contribution >= 4 is 68.4 Å². The van der Waals surface area contributed by atoms with Gasteiger partial charge in [-0.25, -0.2) is 4.98 Å². The van der Waals surface area contributed by atoms with Gasteiger partial charge in [-0.05, 0) is 62.7 Å². The summed E-state index contributed by atoms with van der Waals surface area (Å²) in [4.78, 5) is 22.9. The van der Waals surface area contributed by atoms with Crippen molar-refractivity contribution < 1.29 is 14.3 Å². The molecule has 0 fully saturated rings. The minimum absolute atomic E-state index is 0. The Hall–Kier alpha value is -1.71. The largest absolute Gasteiger partial charge is 0.497 e. The summed E-state index contributed by atoms with van der Waals surface area (Å²) in [5, 5.41) is 1.27. The fraction of sp³-hybridized carbons (Fsp3) is 0.391. The molecule has 3 aromatic rings. The summed E-state index contributed by atoms with van der Waals surface area (Å²) in [6.07, 6.45) is 1.24. The van der Waals surface area contributed by atoms with Gasteiger partial charge in [0.05, 0.1) is 23.9 Å². The molecule has 0 radical (unpaired) electrons. The van der Waals surface area contributed by atoms with Crippen molar-refractivity contribution in [1.29, 1.82) is 0 Å².